The van der Waals surface area contributed by atoms with Crippen molar-refractivity contribution in [3.63, 3.8) is 0 Å². The van der Waals surface area contributed by atoms with Crippen molar-refractivity contribution in [2.75, 3.05) is 14.2 Å². The second-order valence-electron chi connectivity index (χ2n) is 4.38. The van der Waals surface area contributed by atoms with Crippen LogP contribution in [0.4, 0.5) is 4.39 Å². The van der Waals surface area contributed by atoms with Gasteiger partial charge in [-0.1, -0.05) is 17.3 Å². The molecule has 0 unspecified atom stereocenters. The van der Waals surface area contributed by atoms with Crippen LogP contribution in [0, 0.1) is 5.82 Å². The summed E-state index contributed by atoms with van der Waals surface area (Å²) in [7, 11) is 2.84. The van der Waals surface area contributed by atoms with Gasteiger partial charge >= 0.3 is 0 Å². The summed E-state index contributed by atoms with van der Waals surface area (Å²) in [5.74, 6) is 0.00521. The van der Waals surface area contributed by atoms with Crippen LogP contribution in [0.15, 0.2) is 52.1 Å². The number of oxime groups is 1. The Bertz CT molecular complexity index is 750. The Labute approximate surface area is 141 Å². The van der Waals surface area contributed by atoms with Crippen LogP contribution in [0.2, 0.25) is 0 Å². The molecule has 5 nitrogen and oxygen atoms in total. The van der Waals surface area contributed by atoms with Gasteiger partial charge in [-0.2, -0.15) is 0 Å². The number of hydrogen-bond acceptors (Lipinski definition) is 4. The zero-order valence-corrected chi connectivity index (χ0v) is 14.1. The van der Waals surface area contributed by atoms with Gasteiger partial charge in [0.1, 0.15) is 24.4 Å². The minimum Gasteiger partial charge on any atom is -0.457 e. The highest BCUT2D eigenvalue weighted by molar-refractivity contribution is 9.10. The predicted molar refractivity (Wildman–Crippen MR) is 88.2 cm³/mol. The second kappa shape index (κ2) is 7.73. The van der Waals surface area contributed by atoms with Gasteiger partial charge in [0.25, 0.3) is 5.91 Å². The smallest absolute Gasteiger partial charge is 0.273 e. The van der Waals surface area contributed by atoms with Crippen LogP contribution in [0.3, 0.4) is 0 Å². The Balaban J connectivity index is 2.42. The molecule has 2 rings (SSSR count). The Morgan fingerprint density at radius 2 is 2.00 bits per heavy atom. The Hall–Kier alpha value is -2.41. The van der Waals surface area contributed by atoms with E-state index in [1.807, 2.05) is 0 Å². The van der Waals surface area contributed by atoms with Crippen LogP contribution in [0.1, 0.15) is 5.56 Å². The van der Waals surface area contributed by atoms with Crippen LogP contribution in [-0.2, 0) is 9.63 Å². The number of carbonyl (C=O) groups excluding carboxylic acids is 1. The van der Waals surface area contributed by atoms with Crippen LogP contribution in [-0.4, -0.2) is 25.8 Å². The van der Waals surface area contributed by atoms with E-state index in [0.29, 0.717) is 17.1 Å². The SMILES string of the molecule is CNC(=O)C(=NOC)c1ccccc1Oc1ccc(F)c(Br)c1. The van der Waals surface area contributed by atoms with E-state index in [0.717, 1.165) is 0 Å². The van der Waals surface area contributed by atoms with Crippen molar-refractivity contribution in [2.45, 2.75) is 0 Å². The lowest BCUT2D eigenvalue weighted by atomic mass is 10.1. The molecule has 0 bridgehead atoms. The highest BCUT2D eigenvalue weighted by atomic mass is 79.9. The van der Waals surface area contributed by atoms with Crippen LogP contribution in [0.25, 0.3) is 0 Å². The fourth-order valence-corrected chi connectivity index (χ4v) is 2.20. The van der Waals surface area contributed by atoms with Gasteiger partial charge in [-0.3, -0.25) is 4.79 Å². The third kappa shape index (κ3) is 4.07. The van der Waals surface area contributed by atoms with Gasteiger partial charge in [-0.05, 0) is 46.3 Å². The van der Waals surface area contributed by atoms with Gasteiger partial charge < -0.3 is 14.9 Å². The van der Waals surface area contributed by atoms with E-state index in [2.05, 4.69) is 26.4 Å². The van der Waals surface area contributed by atoms with E-state index in [1.165, 1.54) is 32.4 Å². The molecule has 1 N–H and O–H groups in total. The van der Waals surface area contributed by atoms with Gasteiger partial charge in [0, 0.05) is 7.05 Å². The number of carbonyl (C=O) groups is 1. The molecule has 0 fully saturated rings. The zero-order valence-electron chi connectivity index (χ0n) is 12.5. The average Bonchev–Trinajstić information content (AvgIpc) is 2.56. The first-order chi connectivity index (χ1) is 11.1. The molecule has 0 aliphatic rings. The fourth-order valence-electron chi connectivity index (χ4n) is 1.84. The Morgan fingerprint density at radius 3 is 2.65 bits per heavy atom. The van der Waals surface area contributed by atoms with Gasteiger partial charge in [-0.15, -0.1) is 0 Å². The van der Waals surface area contributed by atoms with E-state index in [1.54, 1.807) is 24.3 Å². The molecule has 1 amide bonds. The van der Waals surface area contributed by atoms with Gasteiger partial charge in [-0.25, -0.2) is 4.39 Å². The lowest BCUT2D eigenvalue weighted by molar-refractivity contribution is -0.114. The fraction of sp³-hybridized carbons (Fsp3) is 0.125. The van der Waals surface area contributed by atoms with E-state index in [4.69, 9.17) is 9.57 Å². The van der Waals surface area contributed by atoms with Crippen LogP contribution < -0.4 is 10.1 Å². The highest BCUT2D eigenvalue weighted by Gasteiger charge is 2.18. The van der Waals surface area contributed by atoms with E-state index in [9.17, 15) is 9.18 Å². The van der Waals surface area contributed by atoms with Crippen molar-refractivity contribution < 1.29 is 18.8 Å². The molecule has 7 heteroatoms. The number of amides is 1. The molecule has 0 saturated carbocycles. The summed E-state index contributed by atoms with van der Waals surface area (Å²) in [5.41, 5.74) is 0.529. The number of likely N-dealkylation sites (N-methyl/N-ethyl adjacent to an activating group) is 1. The molecule has 0 aliphatic carbocycles. The van der Waals surface area contributed by atoms with Crippen molar-refractivity contribution in [1.29, 1.82) is 0 Å². The summed E-state index contributed by atoms with van der Waals surface area (Å²) in [6.07, 6.45) is 0. The molecule has 0 aromatic heterocycles. The largest absolute Gasteiger partial charge is 0.457 e. The summed E-state index contributed by atoms with van der Waals surface area (Å²) in [4.78, 5) is 16.7. The highest BCUT2D eigenvalue weighted by Crippen LogP contribution is 2.29. The number of rotatable bonds is 5. The predicted octanol–water partition coefficient (Wildman–Crippen LogP) is 3.48. The Morgan fingerprint density at radius 1 is 1.26 bits per heavy atom. The maximum Gasteiger partial charge on any atom is 0.273 e. The number of nitrogens with zero attached hydrogens (tertiary/aromatic N) is 1. The van der Waals surface area contributed by atoms with Gasteiger partial charge in [0.05, 0.1) is 10.0 Å². The van der Waals surface area contributed by atoms with Crippen LogP contribution in [0.5, 0.6) is 11.5 Å². The summed E-state index contributed by atoms with van der Waals surface area (Å²) in [5, 5.41) is 6.25. The van der Waals surface area contributed by atoms with Crippen molar-refractivity contribution >= 4 is 27.5 Å². The van der Waals surface area contributed by atoms with Gasteiger partial charge in [0.15, 0.2) is 5.71 Å². The molecule has 0 radical (unpaired) electrons. The summed E-state index contributed by atoms with van der Waals surface area (Å²) in [6.45, 7) is 0. The molecule has 2 aromatic carbocycles. The lowest BCUT2D eigenvalue weighted by Gasteiger charge is -2.12. The van der Waals surface area contributed by atoms with Gasteiger partial charge in [0.2, 0.25) is 0 Å². The maximum absolute atomic E-state index is 13.3. The maximum atomic E-state index is 13.3. The molecule has 0 heterocycles. The first-order valence-corrected chi connectivity index (χ1v) is 7.41. The normalized spacial score (nSPS) is 11.0. The molecule has 0 atom stereocenters. The molecule has 0 saturated heterocycles. The molecular formula is C16H14BrFN2O3. The number of halogens is 2. The van der Waals surface area contributed by atoms with E-state index < -0.39 is 11.7 Å². The quantitative estimate of drug-likeness (QED) is 0.637. The first kappa shape index (κ1) is 17.0. The van der Waals surface area contributed by atoms with Crippen molar-refractivity contribution in [2.24, 2.45) is 5.16 Å². The molecule has 120 valence electrons. The summed E-state index contributed by atoms with van der Waals surface area (Å²) < 4.78 is 19.3. The molecule has 23 heavy (non-hydrogen) atoms. The monoisotopic (exact) mass is 380 g/mol. The lowest BCUT2D eigenvalue weighted by Crippen LogP contribution is -2.28. The zero-order chi connectivity index (χ0) is 16.8. The number of ether oxygens (including phenoxy) is 1. The molecule has 0 spiro atoms. The molecule has 0 aliphatic heterocycles. The Kier molecular flexibility index (Phi) is 5.70. The number of benzene rings is 2. The van der Waals surface area contributed by atoms with Crippen molar-refractivity contribution in [1.82, 2.24) is 5.32 Å². The average molecular weight is 381 g/mol. The minimum absolute atomic E-state index is 0.0757. The number of nitrogens with one attached hydrogen (secondary N) is 1. The number of para-hydroxylation sites is 1. The third-order valence-corrected chi connectivity index (χ3v) is 3.49. The molecular weight excluding hydrogens is 367 g/mol. The summed E-state index contributed by atoms with van der Waals surface area (Å²) in [6, 6.07) is 11.1. The first-order valence-electron chi connectivity index (χ1n) is 6.62. The van der Waals surface area contributed by atoms with E-state index in [-0.39, 0.29) is 10.2 Å². The van der Waals surface area contributed by atoms with E-state index >= 15 is 0 Å². The molecule has 2 aromatic rings. The topological polar surface area (TPSA) is 59.9 Å². The van der Waals surface area contributed by atoms with Crippen LogP contribution >= 0.6 is 15.9 Å². The third-order valence-electron chi connectivity index (χ3n) is 2.89. The van der Waals surface area contributed by atoms with Crippen molar-refractivity contribution in [3.05, 3.63) is 58.3 Å². The minimum atomic E-state index is -0.414. The number of hydrogen-bond donors (Lipinski definition) is 1. The second-order valence-corrected chi connectivity index (χ2v) is 5.23. The van der Waals surface area contributed by atoms with Crippen molar-refractivity contribution in [3.8, 4) is 11.5 Å². The standard InChI is InChI=1S/C16H14BrFN2O3/c1-19-16(21)15(20-22-2)11-5-3-4-6-14(11)23-10-7-8-13(18)12(17)9-10/h3-9H,1-2H3,(H,19,21). The summed E-state index contributed by atoms with van der Waals surface area (Å²) >= 11 is 3.10.